The van der Waals surface area contributed by atoms with Gasteiger partial charge in [-0.2, -0.15) is 0 Å². The van der Waals surface area contributed by atoms with Crippen LogP contribution in [0.3, 0.4) is 0 Å². The van der Waals surface area contributed by atoms with Crippen molar-refractivity contribution in [3.63, 3.8) is 0 Å². The topological polar surface area (TPSA) is 32.7 Å². The van der Waals surface area contributed by atoms with Crippen molar-refractivity contribution in [1.29, 1.82) is 0 Å². The van der Waals surface area contributed by atoms with Gasteiger partial charge in [0.25, 0.3) is 0 Å². The van der Waals surface area contributed by atoms with Crippen LogP contribution in [0, 0.1) is 5.92 Å². The van der Waals surface area contributed by atoms with Gasteiger partial charge < -0.3 is 14.7 Å². The number of nitrogens with zero attached hydrogens (tertiary/aromatic N) is 1. The Kier molecular flexibility index (Phi) is 5.03. The quantitative estimate of drug-likeness (QED) is 0.927. The van der Waals surface area contributed by atoms with E-state index in [0.717, 1.165) is 29.7 Å². The first kappa shape index (κ1) is 13.8. The third-order valence-electron chi connectivity index (χ3n) is 3.49. The molecule has 0 aliphatic carbocycles. The van der Waals surface area contributed by atoms with Crippen molar-refractivity contribution in [2.45, 2.75) is 19.4 Å². The summed E-state index contributed by atoms with van der Waals surface area (Å²) in [5, 5.41) is 9.17. The molecule has 1 aliphatic heterocycles. The second-order valence-corrected chi connectivity index (χ2v) is 5.70. The molecule has 3 nitrogen and oxygen atoms in total. The van der Waals surface area contributed by atoms with E-state index in [2.05, 4.69) is 33.0 Å². The molecule has 0 amide bonds. The molecule has 1 heterocycles. The smallest absolute Gasteiger partial charge is 0.0692 e. The molecule has 1 aliphatic rings. The van der Waals surface area contributed by atoms with Crippen LogP contribution in [0.25, 0.3) is 0 Å². The maximum absolute atomic E-state index is 9.17. The van der Waals surface area contributed by atoms with Crippen LogP contribution in [-0.2, 0) is 11.3 Å². The van der Waals surface area contributed by atoms with E-state index >= 15 is 0 Å². The normalized spacial score (nSPS) is 20.2. The predicted molar refractivity (Wildman–Crippen MR) is 76.9 cm³/mol. The van der Waals surface area contributed by atoms with Gasteiger partial charge in [0, 0.05) is 30.4 Å². The van der Waals surface area contributed by atoms with Crippen molar-refractivity contribution < 1.29 is 9.84 Å². The van der Waals surface area contributed by atoms with Crippen molar-refractivity contribution >= 4 is 21.6 Å². The Labute approximate surface area is 117 Å². The summed E-state index contributed by atoms with van der Waals surface area (Å²) in [5.74, 6) is 0.625. The summed E-state index contributed by atoms with van der Waals surface area (Å²) in [5.41, 5.74) is 2.16. The Morgan fingerprint density at radius 2 is 2.33 bits per heavy atom. The zero-order chi connectivity index (χ0) is 13.0. The number of aliphatic hydroxyl groups is 1. The number of anilines is 1. The number of aliphatic hydroxyl groups excluding tert-OH is 1. The van der Waals surface area contributed by atoms with Crippen molar-refractivity contribution in [2.75, 3.05) is 31.7 Å². The van der Waals surface area contributed by atoms with Gasteiger partial charge in [-0.05, 0) is 36.5 Å². The molecule has 4 heteroatoms. The molecule has 1 aromatic carbocycles. The summed E-state index contributed by atoms with van der Waals surface area (Å²) in [6.07, 6.45) is 2.47. The monoisotopic (exact) mass is 313 g/mol. The highest BCUT2D eigenvalue weighted by Gasteiger charge is 2.20. The summed E-state index contributed by atoms with van der Waals surface area (Å²) in [6.45, 7) is 3.07. The van der Waals surface area contributed by atoms with Crippen LogP contribution in [0.15, 0.2) is 22.7 Å². The first-order valence-electron chi connectivity index (χ1n) is 6.37. The van der Waals surface area contributed by atoms with Crippen molar-refractivity contribution in [1.82, 2.24) is 0 Å². The summed E-state index contributed by atoms with van der Waals surface area (Å²) >= 11 is 3.51. The van der Waals surface area contributed by atoms with E-state index in [4.69, 9.17) is 4.74 Å². The zero-order valence-electron chi connectivity index (χ0n) is 10.7. The molecule has 1 unspecified atom stereocenters. The fourth-order valence-corrected chi connectivity index (χ4v) is 3.02. The molecule has 1 N–H and O–H groups in total. The van der Waals surface area contributed by atoms with Crippen LogP contribution in [0.1, 0.15) is 18.4 Å². The molecule has 1 aromatic rings. The molecular weight excluding hydrogens is 294 g/mol. The summed E-state index contributed by atoms with van der Waals surface area (Å²) < 4.78 is 6.24. The van der Waals surface area contributed by atoms with E-state index in [0.29, 0.717) is 5.92 Å². The number of halogens is 1. The van der Waals surface area contributed by atoms with Crippen molar-refractivity contribution in [3.05, 3.63) is 28.2 Å². The lowest BCUT2D eigenvalue weighted by Gasteiger charge is -2.34. The van der Waals surface area contributed by atoms with Crippen molar-refractivity contribution in [3.8, 4) is 0 Å². The lowest BCUT2D eigenvalue weighted by molar-refractivity contribution is 0.143. The highest BCUT2D eigenvalue weighted by atomic mass is 79.9. The Morgan fingerprint density at radius 1 is 1.50 bits per heavy atom. The van der Waals surface area contributed by atoms with E-state index < -0.39 is 0 Å². The molecular formula is C14H20BrNO2. The highest BCUT2D eigenvalue weighted by molar-refractivity contribution is 9.10. The van der Waals surface area contributed by atoms with E-state index in [1.165, 1.54) is 18.5 Å². The maximum Gasteiger partial charge on any atom is 0.0692 e. The van der Waals surface area contributed by atoms with Crippen molar-refractivity contribution in [2.24, 2.45) is 5.92 Å². The molecule has 0 saturated carbocycles. The lowest BCUT2D eigenvalue weighted by Crippen LogP contribution is -2.37. The largest absolute Gasteiger partial charge is 0.392 e. The van der Waals surface area contributed by atoms with Crippen LogP contribution >= 0.6 is 15.9 Å². The third kappa shape index (κ3) is 3.25. The summed E-state index contributed by atoms with van der Waals surface area (Å²) in [7, 11) is 1.77. The average Bonchev–Trinajstić information content (AvgIpc) is 2.39. The standard InChI is InChI=1S/C14H20BrNO2/c1-18-10-11-3-2-6-16(8-11)13-5-4-12(9-17)14(15)7-13/h4-5,7,11,17H,2-3,6,8-10H2,1H3. The average molecular weight is 314 g/mol. The van der Waals surface area contributed by atoms with Crippen LogP contribution in [0.5, 0.6) is 0 Å². The fourth-order valence-electron chi connectivity index (χ4n) is 2.53. The van der Waals surface area contributed by atoms with Gasteiger partial charge in [-0.1, -0.05) is 22.0 Å². The van der Waals surface area contributed by atoms with Gasteiger partial charge >= 0.3 is 0 Å². The molecule has 0 bridgehead atoms. The maximum atomic E-state index is 9.17. The van der Waals surface area contributed by atoms with Crippen LogP contribution in [0.2, 0.25) is 0 Å². The third-order valence-corrected chi connectivity index (χ3v) is 4.23. The molecule has 1 fully saturated rings. The Morgan fingerprint density at radius 3 is 3.00 bits per heavy atom. The van der Waals surface area contributed by atoms with E-state index in [-0.39, 0.29) is 6.61 Å². The number of methoxy groups -OCH3 is 1. The fraction of sp³-hybridized carbons (Fsp3) is 0.571. The van der Waals surface area contributed by atoms with E-state index in [9.17, 15) is 5.11 Å². The second-order valence-electron chi connectivity index (χ2n) is 4.84. The Balaban J connectivity index is 2.08. The molecule has 0 radical (unpaired) electrons. The first-order valence-corrected chi connectivity index (χ1v) is 7.17. The van der Waals surface area contributed by atoms with Gasteiger partial charge in [0.2, 0.25) is 0 Å². The van der Waals surface area contributed by atoms with Gasteiger partial charge in [-0.15, -0.1) is 0 Å². The Hall–Kier alpha value is -0.580. The van der Waals surface area contributed by atoms with Crippen LogP contribution < -0.4 is 4.90 Å². The minimum absolute atomic E-state index is 0.0766. The number of benzene rings is 1. The molecule has 1 saturated heterocycles. The summed E-state index contributed by atoms with van der Waals surface area (Å²) in [6, 6.07) is 6.17. The van der Waals surface area contributed by atoms with Gasteiger partial charge in [0.1, 0.15) is 0 Å². The summed E-state index contributed by atoms with van der Waals surface area (Å²) in [4.78, 5) is 2.40. The predicted octanol–water partition coefficient (Wildman–Crippen LogP) is 2.80. The Bertz CT molecular complexity index is 395. The highest BCUT2D eigenvalue weighted by Crippen LogP contribution is 2.28. The molecule has 0 aromatic heterocycles. The SMILES string of the molecule is COCC1CCCN(c2ccc(CO)c(Br)c2)C1. The first-order chi connectivity index (χ1) is 8.74. The lowest BCUT2D eigenvalue weighted by atomic mass is 9.98. The molecule has 1 atom stereocenters. The van der Waals surface area contributed by atoms with Crippen LogP contribution in [-0.4, -0.2) is 31.9 Å². The van der Waals surface area contributed by atoms with E-state index in [1.54, 1.807) is 7.11 Å². The minimum atomic E-state index is 0.0766. The molecule has 2 rings (SSSR count). The minimum Gasteiger partial charge on any atom is -0.392 e. The second kappa shape index (κ2) is 6.55. The number of rotatable bonds is 4. The van der Waals surface area contributed by atoms with Gasteiger partial charge in [0.15, 0.2) is 0 Å². The van der Waals surface area contributed by atoms with Gasteiger partial charge in [-0.25, -0.2) is 0 Å². The molecule has 0 spiro atoms. The number of hydrogen-bond acceptors (Lipinski definition) is 3. The number of hydrogen-bond donors (Lipinski definition) is 1. The molecule has 18 heavy (non-hydrogen) atoms. The van der Waals surface area contributed by atoms with Gasteiger partial charge in [-0.3, -0.25) is 0 Å². The number of ether oxygens (including phenoxy) is 1. The molecule has 100 valence electrons. The number of piperidine rings is 1. The van der Waals surface area contributed by atoms with E-state index in [1.807, 2.05) is 6.07 Å². The van der Waals surface area contributed by atoms with Crippen LogP contribution in [0.4, 0.5) is 5.69 Å². The van der Waals surface area contributed by atoms with Gasteiger partial charge in [0.05, 0.1) is 13.2 Å². The zero-order valence-corrected chi connectivity index (χ0v) is 12.3.